The molecular formula is C13H14N2O. The van der Waals surface area contributed by atoms with Crippen molar-refractivity contribution in [2.24, 2.45) is 0 Å². The zero-order valence-corrected chi connectivity index (χ0v) is 9.47. The lowest BCUT2D eigenvalue weighted by Crippen LogP contribution is -2.21. The Labute approximate surface area is 94.7 Å². The molecule has 0 radical (unpaired) electrons. The summed E-state index contributed by atoms with van der Waals surface area (Å²) in [5.74, 6) is 0.100. The van der Waals surface area contributed by atoms with E-state index in [2.05, 4.69) is 4.98 Å². The summed E-state index contributed by atoms with van der Waals surface area (Å²) in [6.07, 6.45) is 1.65. The molecule has 0 atom stereocenters. The van der Waals surface area contributed by atoms with E-state index in [4.69, 9.17) is 0 Å². The van der Waals surface area contributed by atoms with Crippen LogP contribution in [-0.2, 0) is 0 Å². The Kier molecular flexibility index (Phi) is 2.97. The van der Waals surface area contributed by atoms with E-state index in [0.29, 0.717) is 12.1 Å². The SMILES string of the molecule is CN(C)CC(=O)c1cnc2ccccc2c1. The maximum absolute atomic E-state index is 11.8. The van der Waals surface area contributed by atoms with Crippen molar-refractivity contribution in [3.8, 4) is 0 Å². The molecule has 0 N–H and O–H groups in total. The highest BCUT2D eigenvalue weighted by Gasteiger charge is 2.07. The minimum atomic E-state index is 0.100. The number of ketones is 1. The monoisotopic (exact) mass is 214 g/mol. The average molecular weight is 214 g/mol. The molecule has 0 aliphatic rings. The van der Waals surface area contributed by atoms with Gasteiger partial charge in [0.25, 0.3) is 0 Å². The van der Waals surface area contributed by atoms with Crippen molar-refractivity contribution < 1.29 is 4.79 Å². The van der Waals surface area contributed by atoms with Gasteiger partial charge in [-0.2, -0.15) is 0 Å². The number of benzene rings is 1. The summed E-state index contributed by atoms with van der Waals surface area (Å²) in [4.78, 5) is 17.9. The van der Waals surface area contributed by atoms with E-state index in [1.165, 1.54) is 0 Å². The Balaban J connectivity index is 2.35. The first-order valence-corrected chi connectivity index (χ1v) is 5.19. The molecule has 0 fully saturated rings. The quantitative estimate of drug-likeness (QED) is 0.732. The molecule has 0 aliphatic heterocycles. The van der Waals surface area contributed by atoms with E-state index in [9.17, 15) is 4.79 Å². The zero-order valence-electron chi connectivity index (χ0n) is 9.47. The molecule has 1 aromatic carbocycles. The number of rotatable bonds is 3. The van der Waals surface area contributed by atoms with Gasteiger partial charge in [0, 0.05) is 17.1 Å². The van der Waals surface area contributed by atoms with Gasteiger partial charge in [-0.15, -0.1) is 0 Å². The van der Waals surface area contributed by atoms with Gasteiger partial charge in [0.2, 0.25) is 0 Å². The molecule has 3 nitrogen and oxygen atoms in total. The lowest BCUT2D eigenvalue weighted by atomic mass is 10.1. The van der Waals surface area contributed by atoms with Gasteiger partial charge >= 0.3 is 0 Å². The highest BCUT2D eigenvalue weighted by atomic mass is 16.1. The van der Waals surface area contributed by atoms with E-state index in [0.717, 1.165) is 10.9 Å². The Bertz CT molecular complexity index is 520. The van der Waals surface area contributed by atoms with Crippen LogP contribution in [0.4, 0.5) is 0 Å². The molecular weight excluding hydrogens is 200 g/mol. The standard InChI is InChI=1S/C13H14N2O/c1-15(2)9-13(16)11-7-10-5-3-4-6-12(10)14-8-11/h3-8H,9H2,1-2H3. The zero-order chi connectivity index (χ0) is 11.5. The molecule has 0 bridgehead atoms. The first kappa shape index (κ1) is 10.8. The number of fused-ring (bicyclic) bond motifs is 1. The lowest BCUT2D eigenvalue weighted by molar-refractivity contribution is 0.0957. The van der Waals surface area contributed by atoms with Crippen molar-refractivity contribution in [1.82, 2.24) is 9.88 Å². The maximum atomic E-state index is 11.8. The Hall–Kier alpha value is -1.74. The molecule has 1 aromatic heterocycles. The van der Waals surface area contributed by atoms with Crippen LogP contribution in [0.15, 0.2) is 36.5 Å². The third-order valence-corrected chi connectivity index (χ3v) is 2.37. The maximum Gasteiger partial charge on any atom is 0.178 e. The van der Waals surface area contributed by atoms with Crippen molar-refractivity contribution in [2.45, 2.75) is 0 Å². The predicted molar refractivity (Wildman–Crippen MR) is 64.6 cm³/mol. The van der Waals surface area contributed by atoms with Crippen molar-refractivity contribution in [2.75, 3.05) is 20.6 Å². The highest BCUT2D eigenvalue weighted by molar-refractivity contribution is 5.99. The van der Waals surface area contributed by atoms with Gasteiger partial charge in [0.15, 0.2) is 5.78 Å². The van der Waals surface area contributed by atoms with Gasteiger partial charge in [-0.1, -0.05) is 18.2 Å². The van der Waals surface area contributed by atoms with Crippen LogP contribution in [0.3, 0.4) is 0 Å². The van der Waals surface area contributed by atoms with Crippen LogP contribution in [0.2, 0.25) is 0 Å². The van der Waals surface area contributed by atoms with Crippen LogP contribution in [-0.4, -0.2) is 36.3 Å². The largest absolute Gasteiger partial charge is 0.302 e. The molecule has 1 heterocycles. The molecule has 3 heteroatoms. The number of hydrogen-bond acceptors (Lipinski definition) is 3. The topological polar surface area (TPSA) is 33.2 Å². The molecule has 2 rings (SSSR count). The molecule has 0 aliphatic carbocycles. The van der Waals surface area contributed by atoms with Gasteiger partial charge in [-0.25, -0.2) is 0 Å². The predicted octanol–water partition coefficient (Wildman–Crippen LogP) is 1.98. The van der Waals surface area contributed by atoms with Crippen molar-refractivity contribution >= 4 is 16.7 Å². The van der Waals surface area contributed by atoms with Crippen LogP contribution >= 0.6 is 0 Å². The number of hydrogen-bond donors (Lipinski definition) is 0. The average Bonchev–Trinajstić information content (AvgIpc) is 2.27. The second-order valence-electron chi connectivity index (χ2n) is 4.08. The number of likely N-dealkylation sites (N-methyl/N-ethyl adjacent to an activating group) is 1. The van der Waals surface area contributed by atoms with Gasteiger partial charge in [0.1, 0.15) is 0 Å². The van der Waals surface area contributed by atoms with E-state index in [-0.39, 0.29) is 5.78 Å². The number of para-hydroxylation sites is 1. The minimum absolute atomic E-state index is 0.100. The summed E-state index contributed by atoms with van der Waals surface area (Å²) in [5, 5.41) is 1.01. The number of pyridine rings is 1. The molecule has 0 unspecified atom stereocenters. The van der Waals surface area contributed by atoms with Gasteiger partial charge in [0.05, 0.1) is 12.1 Å². The van der Waals surface area contributed by atoms with E-state index in [1.54, 1.807) is 6.20 Å². The second-order valence-corrected chi connectivity index (χ2v) is 4.08. The van der Waals surface area contributed by atoms with E-state index < -0.39 is 0 Å². The summed E-state index contributed by atoms with van der Waals surface area (Å²) in [5.41, 5.74) is 1.59. The third-order valence-electron chi connectivity index (χ3n) is 2.37. The molecule has 16 heavy (non-hydrogen) atoms. The molecule has 82 valence electrons. The summed E-state index contributed by atoms with van der Waals surface area (Å²) >= 11 is 0. The van der Waals surface area contributed by atoms with Gasteiger partial charge < -0.3 is 4.90 Å². The fourth-order valence-corrected chi connectivity index (χ4v) is 1.60. The van der Waals surface area contributed by atoms with Crippen LogP contribution in [0.5, 0.6) is 0 Å². The summed E-state index contributed by atoms with van der Waals surface area (Å²) in [7, 11) is 3.76. The first-order valence-electron chi connectivity index (χ1n) is 5.19. The smallest absolute Gasteiger partial charge is 0.178 e. The fraction of sp³-hybridized carbons (Fsp3) is 0.231. The summed E-state index contributed by atoms with van der Waals surface area (Å²) < 4.78 is 0. The lowest BCUT2D eigenvalue weighted by Gasteiger charge is -2.08. The summed E-state index contributed by atoms with van der Waals surface area (Å²) in [6.45, 7) is 0.417. The molecule has 0 saturated carbocycles. The van der Waals surface area contributed by atoms with Crippen LogP contribution in [0.1, 0.15) is 10.4 Å². The molecule has 0 amide bonds. The highest BCUT2D eigenvalue weighted by Crippen LogP contribution is 2.13. The first-order chi connectivity index (χ1) is 7.66. The molecule has 0 spiro atoms. The number of aromatic nitrogens is 1. The minimum Gasteiger partial charge on any atom is -0.302 e. The molecule has 0 saturated heterocycles. The second kappa shape index (κ2) is 4.41. The normalized spacial score (nSPS) is 10.9. The number of Topliss-reactive ketones (excluding diaryl/α,β-unsaturated/α-hetero) is 1. The summed E-state index contributed by atoms with van der Waals surface area (Å²) in [6, 6.07) is 9.69. The van der Waals surface area contributed by atoms with Crippen molar-refractivity contribution in [1.29, 1.82) is 0 Å². The Morgan fingerprint density at radius 1 is 1.31 bits per heavy atom. The molecule has 2 aromatic rings. The van der Waals surface area contributed by atoms with Crippen molar-refractivity contribution in [3.63, 3.8) is 0 Å². The number of carbonyl (C=O) groups excluding carboxylic acids is 1. The van der Waals surface area contributed by atoms with Crippen LogP contribution in [0, 0.1) is 0 Å². The third kappa shape index (κ3) is 2.25. The fourth-order valence-electron chi connectivity index (χ4n) is 1.60. The van der Waals surface area contributed by atoms with Gasteiger partial charge in [-0.05, 0) is 26.2 Å². The Morgan fingerprint density at radius 2 is 2.06 bits per heavy atom. The number of nitrogens with zero attached hydrogens (tertiary/aromatic N) is 2. The Morgan fingerprint density at radius 3 is 2.81 bits per heavy atom. The van der Waals surface area contributed by atoms with Crippen molar-refractivity contribution in [3.05, 3.63) is 42.1 Å². The van der Waals surface area contributed by atoms with Gasteiger partial charge in [-0.3, -0.25) is 9.78 Å². The van der Waals surface area contributed by atoms with E-state index >= 15 is 0 Å². The van der Waals surface area contributed by atoms with Crippen LogP contribution < -0.4 is 0 Å². The van der Waals surface area contributed by atoms with E-state index in [1.807, 2.05) is 49.3 Å². The number of carbonyl (C=O) groups is 1. The van der Waals surface area contributed by atoms with Crippen LogP contribution in [0.25, 0.3) is 10.9 Å².